The zero-order valence-corrected chi connectivity index (χ0v) is 17.4. The van der Waals surface area contributed by atoms with Gasteiger partial charge in [-0.3, -0.25) is 14.2 Å². The molecule has 1 saturated heterocycles. The lowest BCUT2D eigenvalue weighted by Gasteiger charge is -2.16. The van der Waals surface area contributed by atoms with Gasteiger partial charge in [-0.2, -0.15) is 18.2 Å². The number of nitrogens with zero attached hydrogens (tertiary/aromatic N) is 2. The number of amides is 2. The summed E-state index contributed by atoms with van der Waals surface area (Å²) in [7, 11) is 0. The van der Waals surface area contributed by atoms with E-state index >= 15 is 0 Å². The van der Waals surface area contributed by atoms with Gasteiger partial charge >= 0.3 is 17.8 Å². The van der Waals surface area contributed by atoms with Crippen LogP contribution in [-0.2, 0) is 9.53 Å². The third-order valence-corrected chi connectivity index (χ3v) is 4.73. The maximum absolute atomic E-state index is 12.6. The molecule has 0 radical (unpaired) electrons. The first-order chi connectivity index (χ1) is 16.1. The molecular formula is C21H19F3N4O6. The second kappa shape index (κ2) is 10.5. The summed E-state index contributed by atoms with van der Waals surface area (Å²) in [6.07, 6.45) is -6.94. The molecule has 10 nitrogen and oxygen atoms in total. The van der Waals surface area contributed by atoms with E-state index in [1.54, 1.807) is 23.5 Å². The highest BCUT2D eigenvalue weighted by molar-refractivity contribution is 6.04. The lowest BCUT2D eigenvalue weighted by atomic mass is 10.2. The topological polar surface area (TPSA) is 143 Å². The smallest absolute Gasteiger partial charge is 0.394 e. The van der Waals surface area contributed by atoms with Crippen LogP contribution in [0.4, 0.5) is 19.0 Å². The van der Waals surface area contributed by atoms with Gasteiger partial charge in [-0.15, -0.1) is 0 Å². The lowest BCUT2D eigenvalue weighted by Crippen LogP contribution is -2.36. The number of aromatic nitrogens is 2. The number of nitrogens with one attached hydrogen (secondary N) is 2. The molecule has 1 fully saturated rings. The summed E-state index contributed by atoms with van der Waals surface area (Å²) in [5.41, 5.74) is -0.677. The van der Waals surface area contributed by atoms with E-state index in [-0.39, 0.29) is 23.4 Å². The van der Waals surface area contributed by atoms with Crippen LogP contribution in [-0.4, -0.2) is 63.1 Å². The number of rotatable bonds is 5. The third-order valence-electron chi connectivity index (χ3n) is 4.73. The van der Waals surface area contributed by atoms with Gasteiger partial charge in [0.15, 0.2) is 5.82 Å². The summed E-state index contributed by atoms with van der Waals surface area (Å²) in [6.45, 7) is -1.16. The predicted octanol–water partition coefficient (Wildman–Crippen LogP) is 0.166. The molecule has 4 N–H and O–H groups in total. The third kappa shape index (κ3) is 5.98. The average Bonchev–Trinajstić information content (AvgIpc) is 3.17. The largest absolute Gasteiger partial charge is 0.471 e. The number of benzene rings is 1. The summed E-state index contributed by atoms with van der Waals surface area (Å²) in [5, 5.41) is 23.2. The van der Waals surface area contributed by atoms with Gasteiger partial charge < -0.3 is 25.6 Å². The minimum Gasteiger partial charge on any atom is -0.394 e. The molecule has 1 aromatic heterocycles. The highest BCUT2D eigenvalue weighted by Gasteiger charge is 2.38. The molecule has 13 heteroatoms. The Morgan fingerprint density at radius 3 is 2.59 bits per heavy atom. The zero-order chi connectivity index (χ0) is 24.9. The van der Waals surface area contributed by atoms with Crippen LogP contribution in [0.5, 0.6) is 0 Å². The number of aliphatic hydroxyl groups is 2. The molecule has 3 unspecified atom stereocenters. The van der Waals surface area contributed by atoms with E-state index < -0.39 is 55.3 Å². The number of anilines is 1. The van der Waals surface area contributed by atoms with E-state index in [0.29, 0.717) is 0 Å². The van der Waals surface area contributed by atoms with Crippen molar-refractivity contribution < 1.29 is 37.7 Å². The minimum absolute atomic E-state index is 0.0446. The van der Waals surface area contributed by atoms with Crippen LogP contribution in [0.3, 0.4) is 0 Å². The Balaban J connectivity index is 1.91. The Labute approximate surface area is 190 Å². The van der Waals surface area contributed by atoms with Crippen molar-refractivity contribution in [3.8, 4) is 11.8 Å². The van der Waals surface area contributed by atoms with Gasteiger partial charge in [-0.05, 0) is 12.1 Å². The Hall–Kier alpha value is -3.73. The quantitative estimate of drug-likeness (QED) is 0.447. The van der Waals surface area contributed by atoms with Gasteiger partial charge in [0.05, 0.1) is 24.8 Å². The molecule has 2 amide bonds. The second-order valence-electron chi connectivity index (χ2n) is 7.11. The van der Waals surface area contributed by atoms with E-state index in [9.17, 15) is 37.8 Å². The fourth-order valence-electron chi connectivity index (χ4n) is 3.05. The number of halogens is 3. The first-order valence-electron chi connectivity index (χ1n) is 9.88. The first kappa shape index (κ1) is 24.9. The molecule has 0 bridgehead atoms. The number of aliphatic hydroxyl groups excluding tert-OH is 2. The van der Waals surface area contributed by atoms with Crippen molar-refractivity contribution in [2.24, 2.45) is 0 Å². The van der Waals surface area contributed by atoms with Gasteiger partial charge in [0, 0.05) is 18.2 Å². The van der Waals surface area contributed by atoms with Crippen molar-refractivity contribution in [2.75, 3.05) is 18.5 Å². The Morgan fingerprint density at radius 1 is 1.26 bits per heavy atom. The van der Waals surface area contributed by atoms with Crippen molar-refractivity contribution in [3.05, 3.63) is 58.1 Å². The van der Waals surface area contributed by atoms with E-state index in [1.807, 2.05) is 0 Å². The van der Waals surface area contributed by atoms with Crippen molar-refractivity contribution in [1.29, 1.82) is 0 Å². The summed E-state index contributed by atoms with van der Waals surface area (Å²) in [6, 6.07) is 7.95. The summed E-state index contributed by atoms with van der Waals surface area (Å²) >= 11 is 0. The van der Waals surface area contributed by atoms with E-state index in [4.69, 9.17) is 4.74 Å². The van der Waals surface area contributed by atoms with Gasteiger partial charge in [-0.25, -0.2) is 4.79 Å². The van der Waals surface area contributed by atoms with Crippen LogP contribution < -0.4 is 16.3 Å². The number of alkyl halides is 3. The molecule has 0 spiro atoms. The van der Waals surface area contributed by atoms with Crippen LogP contribution in [0.25, 0.3) is 0 Å². The van der Waals surface area contributed by atoms with Crippen LogP contribution >= 0.6 is 0 Å². The number of carbonyl (C=O) groups excluding carboxylic acids is 2. The van der Waals surface area contributed by atoms with Crippen LogP contribution in [0.15, 0.2) is 41.3 Å². The molecule has 2 heterocycles. The zero-order valence-electron chi connectivity index (χ0n) is 17.4. The molecule has 3 atom stereocenters. The van der Waals surface area contributed by atoms with E-state index in [1.165, 1.54) is 12.1 Å². The molecule has 180 valence electrons. The molecular weight excluding hydrogens is 461 g/mol. The Bertz CT molecular complexity index is 1170. The van der Waals surface area contributed by atoms with Crippen LogP contribution in [0.2, 0.25) is 0 Å². The Morgan fingerprint density at radius 2 is 1.97 bits per heavy atom. The Kier molecular flexibility index (Phi) is 7.67. The number of hydrogen-bond donors (Lipinski definition) is 4. The van der Waals surface area contributed by atoms with Crippen LogP contribution in [0, 0.1) is 11.8 Å². The standard InChI is InChI=1S/C21H19F3N4O6/c22-21(23,24)19(32)25-8-4-7-13-10-28(16-9-14(30)15(11-29)34-16)20(33)27-17(13)26-18(31)12-5-2-1-3-6-12/h1-3,5-6,10,14-16,29-30H,8-9,11H2,(H,25,32)(H,26,27,31,33). The van der Waals surface area contributed by atoms with Crippen molar-refractivity contribution in [3.63, 3.8) is 0 Å². The van der Waals surface area contributed by atoms with Crippen LogP contribution in [0.1, 0.15) is 28.6 Å². The number of carbonyl (C=O) groups is 2. The fraction of sp³-hybridized carbons (Fsp3) is 0.333. The molecule has 34 heavy (non-hydrogen) atoms. The average molecular weight is 480 g/mol. The molecule has 3 rings (SSSR count). The second-order valence-corrected chi connectivity index (χ2v) is 7.11. The molecule has 0 saturated carbocycles. The van der Waals surface area contributed by atoms with E-state index in [0.717, 1.165) is 10.8 Å². The predicted molar refractivity (Wildman–Crippen MR) is 110 cm³/mol. The normalized spacial score (nSPS) is 19.7. The highest BCUT2D eigenvalue weighted by atomic mass is 19.4. The van der Waals surface area contributed by atoms with Gasteiger partial charge in [0.1, 0.15) is 12.3 Å². The van der Waals surface area contributed by atoms with E-state index in [2.05, 4.69) is 22.1 Å². The lowest BCUT2D eigenvalue weighted by molar-refractivity contribution is -0.173. The number of ether oxygens (including phenoxy) is 1. The summed E-state index contributed by atoms with van der Waals surface area (Å²) < 4.78 is 43.4. The molecule has 0 aliphatic carbocycles. The maximum atomic E-state index is 12.6. The highest BCUT2D eigenvalue weighted by Crippen LogP contribution is 2.28. The van der Waals surface area contributed by atoms with Gasteiger partial charge in [0.2, 0.25) is 0 Å². The summed E-state index contributed by atoms with van der Waals surface area (Å²) in [4.78, 5) is 39.8. The molecule has 2 aromatic rings. The van der Waals surface area contributed by atoms with Gasteiger partial charge in [0.25, 0.3) is 5.91 Å². The van der Waals surface area contributed by atoms with Gasteiger partial charge in [-0.1, -0.05) is 30.0 Å². The molecule has 1 aliphatic rings. The molecule has 1 aromatic carbocycles. The summed E-state index contributed by atoms with van der Waals surface area (Å²) in [5.74, 6) is 1.72. The SMILES string of the molecule is O=C(Nc1nc(=O)n(C2CC(O)C(CO)O2)cc1C#CCNC(=O)C(F)(F)F)c1ccccc1. The molecule has 1 aliphatic heterocycles. The van der Waals surface area contributed by atoms with Crippen molar-refractivity contribution in [2.45, 2.75) is 31.0 Å². The monoisotopic (exact) mass is 480 g/mol. The van der Waals surface area contributed by atoms with Crippen molar-refractivity contribution in [1.82, 2.24) is 14.9 Å². The first-order valence-corrected chi connectivity index (χ1v) is 9.88. The number of hydrogen-bond acceptors (Lipinski definition) is 7. The maximum Gasteiger partial charge on any atom is 0.471 e. The fourth-order valence-corrected chi connectivity index (χ4v) is 3.05. The van der Waals surface area contributed by atoms with Crippen molar-refractivity contribution >= 4 is 17.6 Å². The minimum atomic E-state index is -5.07.